The Morgan fingerprint density at radius 2 is 2.00 bits per heavy atom. The van der Waals surface area contributed by atoms with Gasteiger partial charge in [0, 0.05) is 44.1 Å². The Hall–Kier alpha value is -3.62. The number of nitrogens with one attached hydrogen (secondary N) is 1. The van der Waals surface area contributed by atoms with Crippen LogP contribution in [0.25, 0.3) is 5.95 Å². The summed E-state index contributed by atoms with van der Waals surface area (Å²) < 4.78 is 13.0. The van der Waals surface area contributed by atoms with Gasteiger partial charge in [-0.1, -0.05) is 18.9 Å². The van der Waals surface area contributed by atoms with E-state index in [1.54, 1.807) is 23.3 Å². The molecule has 4 heterocycles. The summed E-state index contributed by atoms with van der Waals surface area (Å²) in [6, 6.07) is 7.82. The molecule has 2 aliphatic heterocycles. The van der Waals surface area contributed by atoms with E-state index in [0.29, 0.717) is 32.1 Å². The van der Waals surface area contributed by atoms with Gasteiger partial charge < -0.3 is 19.7 Å². The van der Waals surface area contributed by atoms with E-state index in [1.807, 2.05) is 30.5 Å². The average Bonchev–Trinajstić information content (AvgIpc) is 3.30. The number of imidazole rings is 1. The molecule has 0 spiro atoms. The number of nitrogens with zero attached hydrogens (tertiary/aromatic N) is 5. The summed E-state index contributed by atoms with van der Waals surface area (Å²) in [7, 11) is 0. The van der Waals surface area contributed by atoms with E-state index in [1.165, 1.54) is 0 Å². The number of amides is 1. The lowest BCUT2D eigenvalue weighted by Gasteiger charge is -2.31. The minimum Gasteiger partial charge on any atom is -0.486 e. The predicted octanol–water partition coefficient (Wildman–Crippen LogP) is 2.89. The first-order valence-electron chi connectivity index (χ1n) is 11.5. The Bertz CT molecular complexity index is 1090. The van der Waals surface area contributed by atoms with Gasteiger partial charge in [-0.3, -0.25) is 9.36 Å². The van der Waals surface area contributed by atoms with Crippen molar-refractivity contribution in [3.8, 4) is 17.4 Å². The van der Waals surface area contributed by atoms with Crippen LogP contribution in [-0.2, 0) is 11.3 Å². The predicted molar refractivity (Wildman–Crippen MR) is 123 cm³/mol. The number of hydrogen-bond acceptors (Lipinski definition) is 7. The lowest BCUT2D eigenvalue weighted by molar-refractivity contribution is -0.121. The molecule has 1 atom stereocenters. The van der Waals surface area contributed by atoms with Crippen LogP contribution in [0.5, 0.6) is 11.5 Å². The van der Waals surface area contributed by atoms with Crippen LogP contribution in [0.15, 0.2) is 49.2 Å². The van der Waals surface area contributed by atoms with Crippen LogP contribution < -0.4 is 19.7 Å². The molecule has 33 heavy (non-hydrogen) atoms. The third-order valence-corrected chi connectivity index (χ3v) is 6.05. The van der Waals surface area contributed by atoms with E-state index >= 15 is 0 Å². The summed E-state index contributed by atoms with van der Waals surface area (Å²) in [4.78, 5) is 28.3. The molecule has 1 unspecified atom stereocenters. The van der Waals surface area contributed by atoms with Gasteiger partial charge in [0.05, 0.1) is 0 Å². The van der Waals surface area contributed by atoms with E-state index in [4.69, 9.17) is 14.5 Å². The van der Waals surface area contributed by atoms with Gasteiger partial charge in [-0.25, -0.2) is 9.97 Å². The monoisotopic (exact) mass is 448 g/mol. The molecular formula is C24H28N6O3. The normalized spacial score (nSPS) is 17.9. The molecule has 3 aromatic rings. The Morgan fingerprint density at radius 3 is 2.88 bits per heavy atom. The van der Waals surface area contributed by atoms with Crippen molar-refractivity contribution in [1.29, 1.82) is 0 Å². The number of hydrogen-bond donors (Lipinski definition) is 1. The zero-order valence-electron chi connectivity index (χ0n) is 18.5. The quantitative estimate of drug-likeness (QED) is 0.620. The van der Waals surface area contributed by atoms with E-state index in [0.717, 1.165) is 55.1 Å². The molecule has 5 rings (SSSR count). The molecule has 1 fully saturated rings. The summed E-state index contributed by atoms with van der Waals surface area (Å²) >= 11 is 0. The standard InChI is InChI=1S/C24H28N6O3/c31-23(27-16-18-5-6-20-21(14-18)33-13-12-32-20)15-19-4-2-1-3-10-30(19)22-7-8-26-24(28-22)29-11-9-25-17-29/h5-9,11,14,17,19H,1-4,10,12-13,15-16H2,(H,27,31). The number of fused-ring (bicyclic) bond motifs is 1. The first kappa shape index (κ1) is 21.2. The van der Waals surface area contributed by atoms with Crippen molar-refractivity contribution in [3.63, 3.8) is 0 Å². The highest BCUT2D eigenvalue weighted by atomic mass is 16.6. The van der Waals surface area contributed by atoms with Crippen molar-refractivity contribution >= 4 is 11.7 Å². The topological polar surface area (TPSA) is 94.4 Å². The summed E-state index contributed by atoms with van der Waals surface area (Å²) in [5.74, 6) is 2.95. The molecule has 0 saturated carbocycles. The van der Waals surface area contributed by atoms with E-state index in [-0.39, 0.29) is 11.9 Å². The summed E-state index contributed by atoms with van der Waals surface area (Å²) in [6.07, 6.45) is 11.7. The Labute approximate surface area is 192 Å². The molecule has 1 aromatic carbocycles. The molecule has 1 saturated heterocycles. The fraction of sp³-hybridized carbons (Fsp3) is 0.417. The third-order valence-electron chi connectivity index (χ3n) is 6.05. The SMILES string of the molecule is O=C(CC1CCCCCN1c1ccnc(-n2ccnc2)n1)NCc1ccc2c(c1)OCCO2. The highest BCUT2D eigenvalue weighted by Crippen LogP contribution is 2.31. The minimum atomic E-state index is 0.0330. The van der Waals surface area contributed by atoms with Crippen molar-refractivity contribution in [2.45, 2.75) is 44.7 Å². The Morgan fingerprint density at radius 1 is 1.09 bits per heavy atom. The highest BCUT2D eigenvalue weighted by molar-refractivity contribution is 5.77. The fourth-order valence-corrected chi connectivity index (χ4v) is 4.38. The van der Waals surface area contributed by atoms with Crippen LogP contribution >= 0.6 is 0 Å². The van der Waals surface area contributed by atoms with Gasteiger partial charge in [-0.2, -0.15) is 4.98 Å². The molecule has 0 bridgehead atoms. The maximum absolute atomic E-state index is 12.9. The second kappa shape index (κ2) is 9.89. The maximum atomic E-state index is 12.9. The molecule has 0 aliphatic carbocycles. The number of aromatic nitrogens is 4. The van der Waals surface area contributed by atoms with Crippen molar-refractivity contribution in [2.75, 3.05) is 24.7 Å². The summed E-state index contributed by atoms with van der Waals surface area (Å²) in [6.45, 7) is 2.45. The summed E-state index contributed by atoms with van der Waals surface area (Å²) in [5, 5.41) is 3.07. The van der Waals surface area contributed by atoms with Gasteiger partial charge in [-0.15, -0.1) is 0 Å². The summed E-state index contributed by atoms with van der Waals surface area (Å²) in [5.41, 5.74) is 0.992. The zero-order chi connectivity index (χ0) is 22.5. The van der Waals surface area contributed by atoms with Crippen LogP contribution in [0.4, 0.5) is 5.82 Å². The van der Waals surface area contributed by atoms with Crippen molar-refractivity contribution in [2.24, 2.45) is 0 Å². The van der Waals surface area contributed by atoms with E-state index in [9.17, 15) is 4.79 Å². The molecule has 2 aliphatic rings. The van der Waals surface area contributed by atoms with Crippen LogP contribution in [0, 0.1) is 0 Å². The molecule has 9 nitrogen and oxygen atoms in total. The molecule has 0 radical (unpaired) electrons. The van der Waals surface area contributed by atoms with Gasteiger partial charge in [-0.05, 0) is 36.6 Å². The number of ether oxygens (including phenoxy) is 2. The Kier molecular flexibility index (Phi) is 6.37. The van der Waals surface area contributed by atoms with Crippen molar-refractivity contribution in [1.82, 2.24) is 24.8 Å². The second-order valence-electron chi connectivity index (χ2n) is 8.34. The number of anilines is 1. The number of benzene rings is 1. The number of carbonyl (C=O) groups is 1. The van der Waals surface area contributed by atoms with Crippen molar-refractivity contribution < 1.29 is 14.3 Å². The van der Waals surface area contributed by atoms with Crippen LogP contribution in [0.1, 0.15) is 37.7 Å². The fourth-order valence-electron chi connectivity index (χ4n) is 4.38. The molecule has 9 heteroatoms. The lowest BCUT2D eigenvalue weighted by Crippen LogP contribution is -2.39. The van der Waals surface area contributed by atoms with Crippen LogP contribution in [0.3, 0.4) is 0 Å². The average molecular weight is 449 g/mol. The smallest absolute Gasteiger partial charge is 0.236 e. The number of carbonyl (C=O) groups excluding carboxylic acids is 1. The molecule has 1 amide bonds. The van der Waals surface area contributed by atoms with Crippen LogP contribution in [-0.4, -0.2) is 51.2 Å². The highest BCUT2D eigenvalue weighted by Gasteiger charge is 2.25. The van der Waals surface area contributed by atoms with E-state index < -0.39 is 0 Å². The molecular weight excluding hydrogens is 420 g/mol. The van der Waals surface area contributed by atoms with Gasteiger partial charge in [0.25, 0.3) is 0 Å². The number of rotatable bonds is 6. The molecule has 2 aromatic heterocycles. The van der Waals surface area contributed by atoms with Crippen molar-refractivity contribution in [3.05, 3.63) is 54.7 Å². The zero-order valence-corrected chi connectivity index (χ0v) is 18.5. The largest absolute Gasteiger partial charge is 0.486 e. The van der Waals surface area contributed by atoms with Gasteiger partial charge in [0.2, 0.25) is 11.9 Å². The molecule has 172 valence electrons. The Balaban J connectivity index is 1.25. The molecule has 1 N–H and O–H groups in total. The maximum Gasteiger partial charge on any atom is 0.236 e. The van der Waals surface area contributed by atoms with Gasteiger partial charge in [0.15, 0.2) is 11.5 Å². The lowest BCUT2D eigenvalue weighted by atomic mass is 10.1. The minimum absolute atomic E-state index is 0.0330. The first-order chi connectivity index (χ1) is 16.3. The van der Waals surface area contributed by atoms with E-state index in [2.05, 4.69) is 20.2 Å². The third kappa shape index (κ3) is 5.08. The second-order valence-corrected chi connectivity index (χ2v) is 8.34. The van der Waals surface area contributed by atoms with Crippen LogP contribution in [0.2, 0.25) is 0 Å². The van der Waals surface area contributed by atoms with Gasteiger partial charge >= 0.3 is 0 Å². The first-order valence-corrected chi connectivity index (χ1v) is 11.5. The van der Waals surface area contributed by atoms with Gasteiger partial charge in [0.1, 0.15) is 25.4 Å².